The smallest absolute Gasteiger partial charge is 0.367 e. The molecule has 8 nitrogen and oxygen atoms in total. The normalized spacial score (nSPS) is 20.5. The van der Waals surface area contributed by atoms with Gasteiger partial charge in [-0.1, -0.05) is 13.8 Å². The number of rotatable bonds is 6. The molecule has 0 aliphatic carbocycles. The number of morpholine rings is 1. The molecule has 0 radical (unpaired) electrons. The predicted molar refractivity (Wildman–Crippen MR) is 109 cm³/mol. The minimum absolute atomic E-state index is 0.00563. The van der Waals surface area contributed by atoms with Crippen molar-refractivity contribution in [2.24, 2.45) is 5.73 Å². The summed E-state index contributed by atoms with van der Waals surface area (Å²) in [4.78, 5) is 35.9. The zero-order valence-electron chi connectivity index (χ0n) is 18.6. The molecule has 1 aromatic rings. The molecule has 0 spiro atoms. The quantitative estimate of drug-likeness (QED) is 0.700. The number of hydrogen-bond acceptors (Lipinski definition) is 6. The van der Waals surface area contributed by atoms with E-state index in [1.54, 1.807) is 18.7 Å². The second kappa shape index (κ2) is 9.70. The van der Waals surface area contributed by atoms with Crippen molar-refractivity contribution in [1.29, 1.82) is 0 Å². The van der Waals surface area contributed by atoms with Gasteiger partial charge in [0.25, 0.3) is 0 Å². The molecule has 0 unspecified atom stereocenters. The lowest BCUT2D eigenvalue weighted by molar-refractivity contribution is -0.147. The highest BCUT2D eigenvalue weighted by atomic mass is 19.4. The van der Waals surface area contributed by atoms with Crippen LogP contribution in [0.2, 0.25) is 0 Å². The summed E-state index contributed by atoms with van der Waals surface area (Å²) >= 11 is 0. The van der Waals surface area contributed by atoms with Gasteiger partial charge in [-0.25, -0.2) is 9.97 Å². The molecular weight excluding hydrogens is 427 g/mol. The Bertz CT molecular complexity index is 862. The van der Waals surface area contributed by atoms with E-state index in [0.717, 1.165) is 0 Å². The van der Waals surface area contributed by atoms with E-state index < -0.39 is 17.9 Å². The summed E-state index contributed by atoms with van der Waals surface area (Å²) < 4.78 is 45.8. The van der Waals surface area contributed by atoms with Crippen LogP contribution in [0.4, 0.5) is 13.2 Å². The number of hydrogen-bond donors (Lipinski definition) is 1. The summed E-state index contributed by atoms with van der Waals surface area (Å²) in [6.45, 7) is 6.47. The largest absolute Gasteiger partial charge is 0.433 e. The van der Waals surface area contributed by atoms with E-state index in [9.17, 15) is 22.8 Å². The average molecular weight is 457 g/mol. The monoisotopic (exact) mass is 457 g/mol. The van der Waals surface area contributed by atoms with E-state index in [4.69, 9.17) is 10.5 Å². The Labute approximate surface area is 185 Å². The third-order valence-corrected chi connectivity index (χ3v) is 5.75. The Kier molecular flexibility index (Phi) is 7.39. The highest BCUT2D eigenvalue weighted by molar-refractivity contribution is 5.78. The molecule has 2 aliphatic rings. The molecule has 2 aliphatic heterocycles. The Morgan fingerprint density at radius 3 is 2.69 bits per heavy atom. The molecule has 32 heavy (non-hydrogen) atoms. The topological polar surface area (TPSA) is 102 Å². The number of ether oxygens (including phenoxy) is 1. The summed E-state index contributed by atoms with van der Waals surface area (Å²) in [5.41, 5.74) is 5.54. The predicted octanol–water partition coefficient (Wildman–Crippen LogP) is 1.86. The first-order valence-electron chi connectivity index (χ1n) is 10.8. The lowest BCUT2D eigenvalue weighted by Gasteiger charge is -2.32. The second-order valence-corrected chi connectivity index (χ2v) is 8.79. The number of nitrogens with zero attached hydrogens (tertiary/aromatic N) is 4. The minimum atomic E-state index is -4.57. The van der Waals surface area contributed by atoms with Crippen molar-refractivity contribution in [3.8, 4) is 0 Å². The lowest BCUT2D eigenvalue weighted by Crippen LogP contribution is -2.47. The van der Waals surface area contributed by atoms with Gasteiger partial charge in [0.2, 0.25) is 11.8 Å². The van der Waals surface area contributed by atoms with Gasteiger partial charge in [0.05, 0.1) is 18.3 Å². The first-order valence-corrected chi connectivity index (χ1v) is 10.8. The fourth-order valence-electron chi connectivity index (χ4n) is 3.92. The van der Waals surface area contributed by atoms with Crippen LogP contribution >= 0.6 is 0 Å². The number of amides is 2. The molecule has 3 rings (SSSR count). The van der Waals surface area contributed by atoms with Crippen molar-refractivity contribution >= 4 is 11.8 Å². The van der Waals surface area contributed by atoms with Gasteiger partial charge in [0.1, 0.15) is 12.4 Å². The van der Waals surface area contributed by atoms with Crippen LogP contribution in [0.5, 0.6) is 0 Å². The Morgan fingerprint density at radius 2 is 2.03 bits per heavy atom. The van der Waals surface area contributed by atoms with Crippen molar-refractivity contribution < 1.29 is 27.5 Å². The third-order valence-electron chi connectivity index (χ3n) is 5.75. The standard InChI is InChI=1S/C21H30F3N5O3/c1-12(2)20-26-16-10-29(7-5-15(16)19(27-20)21(22,23)24)17(30)8-14(25)4-6-28-9-13(3)32-11-18(28)31/h12-14H,4-11,25H2,1-3H3/t13-,14+/m0/s1. The molecule has 2 amide bonds. The van der Waals surface area contributed by atoms with Gasteiger partial charge in [-0.05, 0) is 19.8 Å². The maximum absolute atomic E-state index is 13.5. The van der Waals surface area contributed by atoms with E-state index in [0.29, 0.717) is 19.5 Å². The average Bonchev–Trinajstić information content (AvgIpc) is 2.72. The maximum atomic E-state index is 13.5. The highest BCUT2D eigenvalue weighted by Gasteiger charge is 2.39. The van der Waals surface area contributed by atoms with Gasteiger partial charge in [-0.3, -0.25) is 9.59 Å². The van der Waals surface area contributed by atoms with E-state index in [2.05, 4.69) is 9.97 Å². The fraction of sp³-hybridized carbons (Fsp3) is 0.714. The van der Waals surface area contributed by atoms with Crippen molar-refractivity contribution in [3.63, 3.8) is 0 Å². The maximum Gasteiger partial charge on any atom is 0.433 e. The number of carbonyl (C=O) groups excluding carboxylic acids is 2. The second-order valence-electron chi connectivity index (χ2n) is 8.79. The van der Waals surface area contributed by atoms with Crippen molar-refractivity contribution in [1.82, 2.24) is 19.8 Å². The van der Waals surface area contributed by atoms with Crippen LogP contribution in [0.3, 0.4) is 0 Å². The van der Waals surface area contributed by atoms with Gasteiger partial charge in [0.15, 0.2) is 5.69 Å². The van der Waals surface area contributed by atoms with Crippen LogP contribution < -0.4 is 5.73 Å². The van der Waals surface area contributed by atoms with Gasteiger partial charge >= 0.3 is 6.18 Å². The molecule has 3 heterocycles. The van der Waals surface area contributed by atoms with Crippen LogP contribution in [-0.4, -0.2) is 70.0 Å². The van der Waals surface area contributed by atoms with E-state index in [1.165, 1.54) is 4.90 Å². The number of fused-ring (bicyclic) bond motifs is 1. The summed E-state index contributed by atoms with van der Waals surface area (Å²) in [5.74, 6) is -0.489. The zero-order chi connectivity index (χ0) is 23.6. The van der Waals surface area contributed by atoms with Gasteiger partial charge in [-0.2, -0.15) is 13.2 Å². The van der Waals surface area contributed by atoms with Crippen LogP contribution in [0.1, 0.15) is 62.3 Å². The molecule has 178 valence electrons. The first-order chi connectivity index (χ1) is 15.0. The number of halogens is 3. The number of carbonyl (C=O) groups is 2. The molecule has 0 bridgehead atoms. The number of nitrogens with two attached hydrogens (primary N) is 1. The molecule has 11 heteroatoms. The molecule has 2 N–H and O–H groups in total. The summed E-state index contributed by atoms with van der Waals surface area (Å²) in [7, 11) is 0. The highest BCUT2D eigenvalue weighted by Crippen LogP contribution is 2.34. The van der Waals surface area contributed by atoms with Gasteiger partial charge in [0, 0.05) is 43.6 Å². The Hall–Kier alpha value is -2.27. The molecule has 0 saturated carbocycles. The third kappa shape index (κ3) is 5.74. The lowest BCUT2D eigenvalue weighted by atomic mass is 10.0. The molecule has 0 aromatic carbocycles. The van der Waals surface area contributed by atoms with E-state index in [1.807, 2.05) is 6.92 Å². The van der Waals surface area contributed by atoms with Crippen LogP contribution in [0.25, 0.3) is 0 Å². The number of aromatic nitrogens is 2. The molecule has 1 saturated heterocycles. The van der Waals surface area contributed by atoms with Crippen LogP contribution in [-0.2, 0) is 33.5 Å². The summed E-state index contributed by atoms with van der Waals surface area (Å²) in [6, 6.07) is -0.461. The summed E-state index contributed by atoms with van der Waals surface area (Å²) in [6.07, 6.45) is -4.06. The zero-order valence-corrected chi connectivity index (χ0v) is 18.6. The summed E-state index contributed by atoms with van der Waals surface area (Å²) in [5, 5.41) is 0. The van der Waals surface area contributed by atoms with E-state index in [-0.39, 0.29) is 73.5 Å². The SMILES string of the molecule is CC(C)c1nc2c(c(C(F)(F)F)n1)CCN(C(=O)C[C@H](N)CCN1C[C@H](C)OCC1=O)C2. The van der Waals surface area contributed by atoms with Crippen LogP contribution in [0, 0.1) is 0 Å². The molecule has 1 aromatic heterocycles. The Balaban J connectivity index is 1.62. The van der Waals surface area contributed by atoms with Crippen molar-refractivity contribution in [2.45, 2.75) is 70.8 Å². The molecule has 2 atom stereocenters. The minimum Gasteiger partial charge on any atom is -0.367 e. The van der Waals surface area contributed by atoms with Crippen molar-refractivity contribution in [2.75, 3.05) is 26.2 Å². The van der Waals surface area contributed by atoms with Crippen LogP contribution in [0.15, 0.2) is 0 Å². The van der Waals surface area contributed by atoms with Gasteiger partial charge < -0.3 is 20.3 Å². The number of alkyl halides is 3. The van der Waals surface area contributed by atoms with E-state index >= 15 is 0 Å². The van der Waals surface area contributed by atoms with Crippen molar-refractivity contribution in [3.05, 3.63) is 22.8 Å². The Morgan fingerprint density at radius 1 is 1.31 bits per heavy atom. The molecule has 1 fully saturated rings. The first kappa shape index (κ1) is 24.4. The van der Waals surface area contributed by atoms with Gasteiger partial charge in [-0.15, -0.1) is 0 Å². The fourth-order valence-corrected chi connectivity index (χ4v) is 3.92. The molecular formula is C21H30F3N5O3.